The molecule has 0 saturated heterocycles. The van der Waals surface area contributed by atoms with Gasteiger partial charge in [0.1, 0.15) is 22.5 Å². The van der Waals surface area contributed by atoms with E-state index in [-0.39, 0.29) is 22.8 Å². The van der Waals surface area contributed by atoms with Gasteiger partial charge in [-0.1, -0.05) is 0 Å². The summed E-state index contributed by atoms with van der Waals surface area (Å²) in [5.74, 6) is -1.15. The van der Waals surface area contributed by atoms with Crippen LogP contribution in [0, 0.1) is 0 Å². The molecule has 0 atom stereocenters. The summed E-state index contributed by atoms with van der Waals surface area (Å²) in [6.07, 6.45) is 1.77. The van der Waals surface area contributed by atoms with Gasteiger partial charge in [-0.3, -0.25) is 20.2 Å². The Hall–Kier alpha value is -4.35. The Kier molecular flexibility index (Phi) is 7.90. The molecule has 2 amide bonds. The van der Waals surface area contributed by atoms with E-state index >= 15 is 0 Å². The zero-order valence-corrected chi connectivity index (χ0v) is 20.2. The second-order valence-corrected chi connectivity index (χ2v) is 9.33. The molecule has 1 aliphatic carbocycles. The van der Waals surface area contributed by atoms with E-state index in [1.165, 1.54) is 18.5 Å². The van der Waals surface area contributed by atoms with Crippen molar-refractivity contribution in [2.75, 3.05) is 5.32 Å². The molecule has 0 saturated carbocycles. The predicted octanol–water partition coefficient (Wildman–Crippen LogP) is 3.27. The third-order valence-electron chi connectivity index (χ3n) is 3.83. The van der Waals surface area contributed by atoms with Gasteiger partial charge in [-0.2, -0.15) is 0 Å². The number of benzene rings is 1. The molecule has 12 nitrogen and oxygen atoms in total. The molecule has 0 fully saturated rings. The Labute approximate surface area is 201 Å². The maximum Gasteiger partial charge on any atom is 0.412 e. The number of carbonyl (C=O) groups excluding carboxylic acids is 4. The van der Waals surface area contributed by atoms with E-state index in [9.17, 15) is 24.3 Å². The number of hydrogen-bond acceptors (Lipinski definition) is 10. The number of fused-ring (bicyclic) bond motifs is 1. The molecule has 0 bridgehead atoms. The lowest BCUT2D eigenvalue weighted by atomic mass is 10.1. The normalized spacial score (nSPS) is 13.8. The maximum absolute atomic E-state index is 11.6. The monoisotopic (exact) mass is 488 g/mol. The molecule has 0 aliphatic heterocycles. The first-order valence-corrected chi connectivity index (χ1v) is 10.4. The Morgan fingerprint density at radius 1 is 0.943 bits per heavy atom. The van der Waals surface area contributed by atoms with Gasteiger partial charge in [0, 0.05) is 24.3 Å². The fourth-order valence-electron chi connectivity index (χ4n) is 2.49. The number of oxazole rings is 1. The number of allylic oxidation sites excluding steroid dienone is 2. The molecule has 1 aromatic carbocycles. The molecule has 0 spiro atoms. The number of ketones is 2. The SMILES string of the molecule is CC(C)(C)OC(=O)NC1=CC(=O)C(N)=CC1=O.CC(C)(C)OC(=O)Nc1cc2ocnc2cc1O. The highest BCUT2D eigenvalue weighted by molar-refractivity contribution is 6.20. The van der Waals surface area contributed by atoms with E-state index in [0.29, 0.717) is 11.1 Å². The number of rotatable bonds is 2. The van der Waals surface area contributed by atoms with Crippen molar-refractivity contribution in [3.05, 3.63) is 42.1 Å². The van der Waals surface area contributed by atoms with E-state index in [4.69, 9.17) is 19.6 Å². The molecular weight excluding hydrogens is 460 g/mol. The number of amides is 2. The van der Waals surface area contributed by atoms with Gasteiger partial charge in [0.05, 0.1) is 17.1 Å². The third-order valence-corrected chi connectivity index (χ3v) is 3.83. The average molecular weight is 488 g/mol. The van der Waals surface area contributed by atoms with E-state index in [2.05, 4.69) is 15.6 Å². The van der Waals surface area contributed by atoms with Gasteiger partial charge in [-0.15, -0.1) is 0 Å². The zero-order chi connectivity index (χ0) is 26.6. The summed E-state index contributed by atoms with van der Waals surface area (Å²) in [6, 6.07) is 2.90. The molecule has 0 radical (unpaired) electrons. The first kappa shape index (κ1) is 26.9. The maximum atomic E-state index is 11.6. The smallest absolute Gasteiger partial charge is 0.412 e. The van der Waals surface area contributed by atoms with Crippen molar-refractivity contribution in [1.29, 1.82) is 0 Å². The third kappa shape index (κ3) is 8.50. The van der Waals surface area contributed by atoms with E-state index in [0.717, 1.165) is 12.2 Å². The number of carbonyl (C=O) groups is 4. The number of phenolic OH excluding ortho intramolecular Hbond substituents is 1. The fraction of sp³-hybridized carbons (Fsp3) is 0.348. The number of aromatic hydroxyl groups is 1. The number of hydrogen-bond donors (Lipinski definition) is 4. The summed E-state index contributed by atoms with van der Waals surface area (Å²) in [7, 11) is 0. The first-order chi connectivity index (χ1) is 16.0. The Balaban J connectivity index is 0.000000247. The molecule has 5 N–H and O–H groups in total. The lowest BCUT2D eigenvalue weighted by Crippen LogP contribution is -2.35. The van der Waals surface area contributed by atoms with Crippen LogP contribution in [0.4, 0.5) is 15.3 Å². The minimum absolute atomic E-state index is 0.0951. The highest BCUT2D eigenvalue weighted by Crippen LogP contribution is 2.29. The van der Waals surface area contributed by atoms with Crippen molar-refractivity contribution in [1.82, 2.24) is 10.3 Å². The van der Waals surface area contributed by atoms with Crippen molar-refractivity contribution >= 4 is 40.5 Å². The van der Waals surface area contributed by atoms with Crippen LogP contribution in [0.3, 0.4) is 0 Å². The molecule has 0 unspecified atom stereocenters. The number of nitrogens with one attached hydrogen (secondary N) is 2. The summed E-state index contributed by atoms with van der Waals surface area (Å²) in [5.41, 5.74) is 4.90. The Morgan fingerprint density at radius 2 is 1.51 bits per heavy atom. The van der Waals surface area contributed by atoms with Crippen LogP contribution in [0.15, 0.2) is 46.5 Å². The molecule has 1 aliphatic rings. The molecular formula is C23H28N4O8. The van der Waals surface area contributed by atoms with Crippen molar-refractivity contribution in [2.24, 2.45) is 5.73 Å². The Morgan fingerprint density at radius 3 is 2.09 bits per heavy atom. The zero-order valence-electron chi connectivity index (χ0n) is 20.2. The van der Waals surface area contributed by atoms with Crippen molar-refractivity contribution in [2.45, 2.75) is 52.7 Å². The van der Waals surface area contributed by atoms with E-state index in [1.54, 1.807) is 41.5 Å². The topological polar surface area (TPSA) is 183 Å². The van der Waals surface area contributed by atoms with Crippen LogP contribution in [-0.2, 0) is 19.1 Å². The van der Waals surface area contributed by atoms with Crippen LogP contribution in [0.1, 0.15) is 41.5 Å². The minimum Gasteiger partial charge on any atom is -0.506 e. The van der Waals surface area contributed by atoms with E-state index in [1.807, 2.05) is 0 Å². The van der Waals surface area contributed by atoms with Crippen LogP contribution in [0.5, 0.6) is 5.75 Å². The van der Waals surface area contributed by atoms with Gasteiger partial charge in [0.15, 0.2) is 12.0 Å². The quantitative estimate of drug-likeness (QED) is 0.361. The molecule has 2 aromatic rings. The number of alkyl carbamates (subject to hydrolysis) is 1. The summed E-state index contributed by atoms with van der Waals surface area (Å²) in [6.45, 7) is 10.3. The van der Waals surface area contributed by atoms with Gasteiger partial charge < -0.3 is 24.7 Å². The molecule has 1 heterocycles. The van der Waals surface area contributed by atoms with Crippen LogP contribution in [0.2, 0.25) is 0 Å². The standard InChI is InChI=1S/C12H14N2O4.C11H14N2O4/c1-12(2,3)18-11(16)14-7-5-10-8(4-9(7)15)13-6-17-10;1-11(2,3)17-10(16)13-7-5-8(14)6(12)4-9(7)15/h4-6,15H,1-3H3,(H,14,16);4-5H,12H2,1-3H3,(H,13,16). The van der Waals surface area contributed by atoms with Crippen molar-refractivity contribution < 1.29 is 38.2 Å². The number of nitrogens with zero attached hydrogens (tertiary/aromatic N) is 1. The lowest BCUT2D eigenvalue weighted by molar-refractivity contribution is -0.115. The molecule has 188 valence electrons. The number of nitrogens with two attached hydrogens (primary N) is 1. The molecule has 3 rings (SSSR count). The number of phenols is 1. The van der Waals surface area contributed by atoms with Crippen molar-refractivity contribution in [3.63, 3.8) is 0 Å². The van der Waals surface area contributed by atoms with Gasteiger partial charge in [-0.05, 0) is 41.5 Å². The highest BCUT2D eigenvalue weighted by atomic mass is 16.6. The van der Waals surface area contributed by atoms with Crippen LogP contribution >= 0.6 is 0 Å². The van der Waals surface area contributed by atoms with E-state index < -0.39 is 35.0 Å². The summed E-state index contributed by atoms with van der Waals surface area (Å²) < 4.78 is 15.1. The van der Waals surface area contributed by atoms with Crippen molar-refractivity contribution in [3.8, 4) is 5.75 Å². The van der Waals surface area contributed by atoms with Crippen LogP contribution in [0.25, 0.3) is 11.1 Å². The predicted molar refractivity (Wildman–Crippen MR) is 125 cm³/mol. The van der Waals surface area contributed by atoms with Crippen LogP contribution in [-0.4, -0.2) is 45.0 Å². The number of ether oxygens (including phenoxy) is 2. The summed E-state index contributed by atoms with van der Waals surface area (Å²) in [5, 5.41) is 14.4. The summed E-state index contributed by atoms with van der Waals surface area (Å²) >= 11 is 0. The second kappa shape index (κ2) is 10.3. The number of anilines is 1. The fourth-order valence-corrected chi connectivity index (χ4v) is 2.49. The molecule has 1 aromatic heterocycles. The lowest BCUT2D eigenvalue weighted by Gasteiger charge is -2.20. The highest BCUT2D eigenvalue weighted by Gasteiger charge is 2.23. The second-order valence-electron chi connectivity index (χ2n) is 9.33. The van der Waals surface area contributed by atoms with Gasteiger partial charge in [0.2, 0.25) is 11.6 Å². The Bertz CT molecular complexity index is 1210. The van der Waals surface area contributed by atoms with Gasteiger partial charge in [0.25, 0.3) is 0 Å². The largest absolute Gasteiger partial charge is 0.506 e. The summed E-state index contributed by atoms with van der Waals surface area (Å²) in [4.78, 5) is 49.4. The minimum atomic E-state index is -0.793. The average Bonchev–Trinajstić information content (AvgIpc) is 3.11. The van der Waals surface area contributed by atoms with Gasteiger partial charge >= 0.3 is 12.2 Å². The van der Waals surface area contributed by atoms with Gasteiger partial charge in [-0.25, -0.2) is 14.6 Å². The van der Waals surface area contributed by atoms with Crippen LogP contribution < -0.4 is 16.4 Å². The molecule has 35 heavy (non-hydrogen) atoms. The molecule has 12 heteroatoms. The number of aromatic nitrogens is 1. The first-order valence-electron chi connectivity index (χ1n) is 10.4.